The van der Waals surface area contributed by atoms with Crippen LogP contribution in [0.4, 0.5) is 5.69 Å². The third-order valence-electron chi connectivity index (χ3n) is 3.39. The second kappa shape index (κ2) is 6.79. The van der Waals surface area contributed by atoms with E-state index in [9.17, 15) is 9.90 Å². The molecule has 0 radical (unpaired) electrons. The maximum Gasteiger partial charge on any atom is 0.341 e. The van der Waals surface area contributed by atoms with Gasteiger partial charge < -0.3 is 15.6 Å². The number of aromatic hydroxyl groups is 1. The topological polar surface area (TPSA) is 72.5 Å². The van der Waals surface area contributed by atoms with E-state index in [1.165, 1.54) is 23.8 Å². The van der Waals surface area contributed by atoms with Crippen LogP contribution in [0.3, 0.4) is 0 Å². The monoisotopic (exact) mass is 285 g/mol. The van der Waals surface area contributed by atoms with Crippen molar-refractivity contribution >= 4 is 11.7 Å². The third-order valence-corrected chi connectivity index (χ3v) is 3.39. The number of nitrogens with two attached hydrogens (primary N) is 1. The van der Waals surface area contributed by atoms with Crippen molar-refractivity contribution in [2.45, 2.75) is 19.3 Å². The first-order chi connectivity index (χ1) is 10.1. The lowest BCUT2D eigenvalue weighted by Gasteiger charge is -2.12. The Labute approximate surface area is 124 Å². The van der Waals surface area contributed by atoms with Crippen LogP contribution >= 0.6 is 0 Å². The molecule has 110 valence electrons. The summed E-state index contributed by atoms with van der Waals surface area (Å²) in [4.78, 5) is 11.9. The Bertz CT molecular complexity index is 611. The van der Waals surface area contributed by atoms with Gasteiger partial charge in [-0.05, 0) is 36.1 Å². The number of ether oxygens (including phenoxy) is 1. The molecule has 0 saturated carbocycles. The van der Waals surface area contributed by atoms with Crippen molar-refractivity contribution in [3.05, 3.63) is 59.7 Å². The molecule has 0 heterocycles. The first-order valence-electron chi connectivity index (χ1n) is 6.88. The van der Waals surface area contributed by atoms with Gasteiger partial charge in [-0.25, -0.2) is 4.79 Å². The van der Waals surface area contributed by atoms with Gasteiger partial charge in [0, 0.05) is 5.69 Å². The molecule has 0 fully saturated rings. The largest absolute Gasteiger partial charge is 0.507 e. The first kappa shape index (κ1) is 14.9. The number of phenols is 1. The highest BCUT2D eigenvalue weighted by Gasteiger charge is 2.14. The molecule has 4 nitrogen and oxygen atoms in total. The van der Waals surface area contributed by atoms with Crippen molar-refractivity contribution in [1.82, 2.24) is 0 Å². The fourth-order valence-corrected chi connectivity index (χ4v) is 2.07. The van der Waals surface area contributed by atoms with E-state index in [1.54, 1.807) is 0 Å². The lowest BCUT2D eigenvalue weighted by atomic mass is 9.98. The molecule has 0 saturated heterocycles. The van der Waals surface area contributed by atoms with Crippen molar-refractivity contribution in [2.24, 2.45) is 0 Å². The van der Waals surface area contributed by atoms with Crippen molar-refractivity contribution in [3.63, 3.8) is 0 Å². The highest BCUT2D eigenvalue weighted by molar-refractivity contribution is 5.93. The number of hydrogen-bond acceptors (Lipinski definition) is 4. The van der Waals surface area contributed by atoms with E-state index in [1.807, 2.05) is 18.2 Å². The van der Waals surface area contributed by atoms with Gasteiger partial charge in [0.2, 0.25) is 0 Å². The van der Waals surface area contributed by atoms with Crippen LogP contribution in [-0.2, 0) is 4.74 Å². The molecular formula is C17H19NO3. The van der Waals surface area contributed by atoms with E-state index in [0.717, 1.165) is 6.42 Å². The minimum Gasteiger partial charge on any atom is -0.507 e. The molecule has 0 aliphatic rings. The van der Waals surface area contributed by atoms with Crippen molar-refractivity contribution in [2.75, 3.05) is 12.3 Å². The summed E-state index contributed by atoms with van der Waals surface area (Å²) in [7, 11) is 0. The second-order valence-corrected chi connectivity index (χ2v) is 5.01. The smallest absolute Gasteiger partial charge is 0.341 e. The Morgan fingerprint density at radius 1 is 1.24 bits per heavy atom. The number of phenolic OH excluding ortho intramolecular Hbond substituents is 1. The molecule has 0 aliphatic carbocycles. The average Bonchev–Trinajstić information content (AvgIpc) is 2.50. The van der Waals surface area contributed by atoms with E-state index in [4.69, 9.17) is 10.5 Å². The van der Waals surface area contributed by atoms with Gasteiger partial charge in [-0.2, -0.15) is 0 Å². The second-order valence-electron chi connectivity index (χ2n) is 5.01. The predicted octanol–water partition coefficient (Wildman–Crippen LogP) is 3.33. The van der Waals surface area contributed by atoms with Crippen LogP contribution in [0, 0.1) is 0 Å². The highest BCUT2D eigenvalue weighted by Crippen LogP contribution is 2.22. The number of carbonyl (C=O) groups excluding carboxylic acids is 1. The summed E-state index contributed by atoms with van der Waals surface area (Å²) < 4.78 is 5.20. The fourth-order valence-electron chi connectivity index (χ4n) is 2.07. The zero-order chi connectivity index (χ0) is 15.2. The number of nitrogen functional groups attached to an aromatic ring is 1. The molecule has 2 rings (SSSR count). The molecule has 4 heteroatoms. The Balaban J connectivity index is 1.88. The molecular weight excluding hydrogens is 266 g/mol. The van der Waals surface area contributed by atoms with Gasteiger partial charge in [0.1, 0.15) is 11.3 Å². The minimum absolute atomic E-state index is 0.0994. The normalized spacial score (nSPS) is 11.9. The van der Waals surface area contributed by atoms with E-state index in [-0.39, 0.29) is 11.3 Å². The van der Waals surface area contributed by atoms with Crippen molar-refractivity contribution < 1.29 is 14.6 Å². The van der Waals surface area contributed by atoms with Gasteiger partial charge in [-0.15, -0.1) is 0 Å². The molecule has 3 N–H and O–H groups in total. The van der Waals surface area contributed by atoms with Crippen LogP contribution in [0.25, 0.3) is 0 Å². The third kappa shape index (κ3) is 3.99. The molecule has 0 aromatic heterocycles. The molecule has 2 aromatic rings. The predicted molar refractivity (Wildman–Crippen MR) is 82.3 cm³/mol. The first-order valence-corrected chi connectivity index (χ1v) is 6.88. The summed E-state index contributed by atoms with van der Waals surface area (Å²) in [6.07, 6.45) is 0.721. The number of anilines is 1. The van der Waals surface area contributed by atoms with Gasteiger partial charge in [-0.3, -0.25) is 0 Å². The maximum absolute atomic E-state index is 11.9. The lowest BCUT2D eigenvalue weighted by Crippen LogP contribution is -2.09. The Morgan fingerprint density at radius 3 is 2.67 bits per heavy atom. The molecule has 0 amide bonds. The van der Waals surface area contributed by atoms with Crippen molar-refractivity contribution in [3.8, 4) is 5.75 Å². The number of carbonyl (C=O) groups is 1. The van der Waals surface area contributed by atoms with Gasteiger partial charge in [0.25, 0.3) is 0 Å². The van der Waals surface area contributed by atoms with Gasteiger partial charge in [0.15, 0.2) is 0 Å². The Hall–Kier alpha value is -2.49. The average molecular weight is 285 g/mol. The van der Waals surface area contributed by atoms with Gasteiger partial charge in [0.05, 0.1) is 6.61 Å². The van der Waals surface area contributed by atoms with E-state index >= 15 is 0 Å². The summed E-state index contributed by atoms with van der Waals surface area (Å²) in [5.74, 6) is -0.376. The molecule has 1 atom stereocenters. The van der Waals surface area contributed by atoms with E-state index in [2.05, 4.69) is 19.1 Å². The number of esters is 1. The number of rotatable bonds is 5. The summed E-state index contributed by atoms with van der Waals surface area (Å²) in [5, 5.41) is 9.64. The highest BCUT2D eigenvalue weighted by atomic mass is 16.5. The molecule has 0 spiro atoms. The summed E-state index contributed by atoms with van der Waals surface area (Å²) >= 11 is 0. The molecule has 2 aromatic carbocycles. The van der Waals surface area contributed by atoms with Crippen LogP contribution in [0.1, 0.15) is 35.2 Å². The zero-order valence-corrected chi connectivity index (χ0v) is 12.0. The van der Waals surface area contributed by atoms with Crippen LogP contribution in [0.5, 0.6) is 5.75 Å². The van der Waals surface area contributed by atoms with Crippen LogP contribution in [0.15, 0.2) is 48.5 Å². The van der Waals surface area contributed by atoms with E-state index in [0.29, 0.717) is 18.2 Å². The van der Waals surface area contributed by atoms with Crippen molar-refractivity contribution in [1.29, 1.82) is 0 Å². The van der Waals surface area contributed by atoms with Crippen LogP contribution in [-0.4, -0.2) is 17.7 Å². The maximum atomic E-state index is 11.9. The standard InChI is InChI=1S/C17H19NO3/c1-12(13-5-3-2-4-6-13)9-10-21-17(20)15-11-14(18)7-8-16(15)19/h2-8,11-12,19H,9-10,18H2,1H3/t12-/m1/s1. The summed E-state index contributed by atoms with van der Waals surface area (Å²) in [6, 6.07) is 14.4. The van der Waals surface area contributed by atoms with E-state index < -0.39 is 5.97 Å². The SMILES string of the molecule is C[C@H](CCOC(=O)c1cc(N)ccc1O)c1ccccc1. The fraction of sp³-hybridized carbons (Fsp3) is 0.235. The quantitative estimate of drug-likeness (QED) is 0.502. The summed E-state index contributed by atoms with van der Waals surface area (Å²) in [6.45, 7) is 2.38. The van der Waals surface area contributed by atoms with Gasteiger partial charge >= 0.3 is 5.97 Å². The Kier molecular flexibility index (Phi) is 4.82. The van der Waals surface area contributed by atoms with Gasteiger partial charge in [-0.1, -0.05) is 37.3 Å². The summed E-state index contributed by atoms with van der Waals surface area (Å²) in [5.41, 5.74) is 7.32. The Morgan fingerprint density at radius 2 is 1.95 bits per heavy atom. The number of hydrogen-bond donors (Lipinski definition) is 2. The minimum atomic E-state index is -0.555. The molecule has 0 unspecified atom stereocenters. The number of benzene rings is 2. The van der Waals surface area contributed by atoms with Crippen LogP contribution < -0.4 is 5.73 Å². The lowest BCUT2D eigenvalue weighted by molar-refractivity contribution is 0.0491. The van der Waals surface area contributed by atoms with Crippen LogP contribution in [0.2, 0.25) is 0 Å². The molecule has 21 heavy (non-hydrogen) atoms. The molecule has 0 bridgehead atoms. The zero-order valence-electron chi connectivity index (χ0n) is 12.0. The molecule has 0 aliphatic heterocycles.